The van der Waals surface area contributed by atoms with Gasteiger partial charge in [0.15, 0.2) is 16.6 Å². The lowest BCUT2D eigenvalue weighted by atomic mass is 9.75. The first-order chi connectivity index (χ1) is 12.4. The quantitative estimate of drug-likeness (QED) is 0.828. The van der Waals surface area contributed by atoms with E-state index in [1.165, 1.54) is 36.6 Å². The fourth-order valence-electron chi connectivity index (χ4n) is 5.44. The van der Waals surface area contributed by atoms with Crippen LogP contribution in [0.1, 0.15) is 24.3 Å². The summed E-state index contributed by atoms with van der Waals surface area (Å²) in [4.78, 5) is 9.97. The average molecular weight is 355 g/mol. The predicted octanol–water partition coefficient (Wildman–Crippen LogP) is 2.94. The average Bonchev–Trinajstić information content (AvgIpc) is 3.40. The van der Waals surface area contributed by atoms with E-state index in [1.54, 1.807) is 11.3 Å². The Balaban J connectivity index is 1.42. The van der Waals surface area contributed by atoms with Crippen LogP contribution in [0.15, 0.2) is 29.8 Å². The summed E-state index contributed by atoms with van der Waals surface area (Å²) in [6.07, 6.45) is 4.60. The molecule has 6 heterocycles. The van der Waals surface area contributed by atoms with Crippen molar-refractivity contribution in [3.63, 3.8) is 0 Å². The van der Waals surface area contributed by atoms with E-state index in [9.17, 15) is 0 Å². The van der Waals surface area contributed by atoms with Gasteiger partial charge in [0.2, 0.25) is 6.79 Å². The molecule has 2 bridgehead atoms. The molecular weight excluding hydrogens is 334 g/mol. The standard InChI is InChI=1S/C19H21N3O2S/c1-2-15-16(24-11-23-15)9-13(1)14-10-22(19-20-5-8-25-19)17-12-3-6-21(7-4-12)18(14)17/h1-2,5,8-9,12,14,17-18H,3-4,6-7,10-11H2/t14-,17+,18+/m1/s1. The van der Waals surface area contributed by atoms with Gasteiger partial charge in [0.05, 0.1) is 6.04 Å². The molecule has 2 aromatic rings. The maximum atomic E-state index is 5.64. The zero-order chi connectivity index (χ0) is 16.4. The van der Waals surface area contributed by atoms with E-state index < -0.39 is 0 Å². The highest BCUT2D eigenvalue weighted by Crippen LogP contribution is 2.49. The summed E-state index contributed by atoms with van der Waals surface area (Å²) in [5.41, 5.74) is 1.38. The van der Waals surface area contributed by atoms with Gasteiger partial charge in [0.1, 0.15) is 0 Å². The Morgan fingerprint density at radius 1 is 1.08 bits per heavy atom. The summed E-state index contributed by atoms with van der Waals surface area (Å²) in [5, 5.41) is 3.28. The maximum Gasteiger partial charge on any atom is 0.231 e. The summed E-state index contributed by atoms with van der Waals surface area (Å²) >= 11 is 1.77. The molecule has 6 heteroatoms. The fourth-order valence-corrected chi connectivity index (χ4v) is 6.13. The lowest BCUT2D eigenvalue weighted by molar-refractivity contribution is 0.0355. The number of hydrogen-bond acceptors (Lipinski definition) is 6. The minimum atomic E-state index is 0.342. The molecule has 25 heavy (non-hydrogen) atoms. The van der Waals surface area contributed by atoms with Gasteiger partial charge in [-0.2, -0.15) is 0 Å². The number of hydrogen-bond donors (Lipinski definition) is 0. The molecule has 1 aromatic carbocycles. The van der Waals surface area contributed by atoms with Crippen molar-refractivity contribution >= 4 is 16.5 Å². The van der Waals surface area contributed by atoms with Crippen LogP contribution in [0.2, 0.25) is 0 Å². The molecule has 0 aliphatic carbocycles. The number of nitrogens with zero attached hydrogens (tertiary/aromatic N) is 3. The highest BCUT2D eigenvalue weighted by molar-refractivity contribution is 7.13. The van der Waals surface area contributed by atoms with E-state index in [1.807, 2.05) is 6.20 Å². The largest absolute Gasteiger partial charge is 0.454 e. The predicted molar refractivity (Wildman–Crippen MR) is 96.6 cm³/mol. The zero-order valence-corrected chi connectivity index (χ0v) is 14.8. The number of ether oxygens (including phenoxy) is 2. The third kappa shape index (κ3) is 2.07. The summed E-state index contributed by atoms with van der Waals surface area (Å²) in [7, 11) is 0. The van der Waals surface area contributed by atoms with Crippen LogP contribution in [0.3, 0.4) is 0 Å². The molecule has 5 aliphatic rings. The van der Waals surface area contributed by atoms with E-state index in [0.717, 1.165) is 24.0 Å². The van der Waals surface area contributed by atoms with Gasteiger partial charge in [-0.05, 0) is 49.5 Å². The third-order valence-corrected chi connectivity index (χ3v) is 7.29. The van der Waals surface area contributed by atoms with Gasteiger partial charge >= 0.3 is 0 Å². The number of anilines is 1. The molecule has 7 rings (SSSR count). The topological polar surface area (TPSA) is 37.8 Å². The zero-order valence-electron chi connectivity index (χ0n) is 14.0. The number of benzene rings is 1. The number of aromatic nitrogens is 1. The molecule has 0 radical (unpaired) electrons. The van der Waals surface area contributed by atoms with Gasteiger partial charge in [-0.15, -0.1) is 11.3 Å². The van der Waals surface area contributed by atoms with Crippen molar-refractivity contribution in [1.29, 1.82) is 0 Å². The molecule has 0 amide bonds. The smallest absolute Gasteiger partial charge is 0.231 e. The van der Waals surface area contributed by atoms with E-state index >= 15 is 0 Å². The Hall–Kier alpha value is -1.79. The van der Waals surface area contributed by atoms with Crippen molar-refractivity contribution in [3.05, 3.63) is 35.3 Å². The van der Waals surface area contributed by atoms with Crippen LogP contribution in [0.5, 0.6) is 11.5 Å². The normalized spacial score (nSPS) is 35.2. The molecule has 3 atom stereocenters. The highest BCUT2D eigenvalue weighted by atomic mass is 32.1. The molecule has 1 aromatic heterocycles. The second kappa shape index (κ2) is 5.35. The van der Waals surface area contributed by atoms with Gasteiger partial charge in [0.25, 0.3) is 0 Å². The first-order valence-electron chi connectivity index (χ1n) is 9.18. The molecule has 4 fully saturated rings. The van der Waals surface area contributed by atoms with E-state index in [-0.39, 0.29) is 0 Å². The van der Waals surface area contributed by atoms with Crippen LogP contribution < -0.4 is 14.4 Å². The van der Waals surface area contributed by atoms with Gasteiger partial charge in [0, 0.05) is 30.1 Å². The van der Waals surface area contributed by atoms with E-state index in [4.69, 9.17) is 9.47 Å². The summed E-state index contributed by atoms with van der Waals surface area (Å²) < 4.78 is 11.1. The first kappa shape index (κ1) is 14.4. The Morgan fingerprint density at radius 3 is 2.80 bits per heavy atom. The molecular formula is C19H21N3O2S. The number of piperidine rings is 3. The van der Waals surface area contributed by atoms with E-state index in [2.05, 4.69) is 38.4 Å². The van der Waals surface area contributed by atoms with Crippen LogP contribution >= 0.6 is 11.3 Å². The fraction of sp³-hybridized carbons (Fsp3) is 0.526. The molecule has 4 saturated heterocycles. The monoisotopic (exact) mass is 355 g/mol. The highest BCUT2D eigenvalue weighted by Gasteiger charge is 2.54. The molecule has 0 spiro atoms. The lowest BCUT2D eigenvalue weighted by Crippen LogP contribution is -2.60. The Labute approximate surface area is 151 Å². The molecule has 130 valence electrons. The van der Waals surface area contributed by atoms with Gasteiger partial charge in [-0.3, -0.25) is 4.90 Å². The number of thiazole rings is 1. The van der Waals surface area contributed by atoms with Crippen molar-refractivity contribution in [2.75, 3.05) is 31.3 Å². The van der Waals surface area contributed by atoms with Crippen molar-refractivity contribution in [3.8, 4) is 11.5 Å². The van der Waals surface area contributed by atoms with Crippen LogP contribution in [0, 0.1) is 5.92 Å². The van der Waals surface area contributed by atoms with Crippen molar-refractivity contribution in [2.24, 2.45) is 5.92 Å². The molecule has 0 unspecified atom stereocenters. The van der Waals surface area contributed by atoms with Gasteiger partial charge in [-0.1, -0.05) is 6.07 Å². The first-order valence-corrected chi connectivity index (χ1v) is 10.1. The minimum absolute atomic E-state index is 0.342. The van der Waals surface area contributed by atoms with Crippen LogP contribution in [0.25, 0.3) is 0 Å². The second-order valence-corrected chi connectivity index (χ2v) is 8.41. The van der Waals surface area contributed by atoms with Crippen LogP contribution in [-0.4, -0.2) is 48.4 Å². The summed E-state index contributed by atoms with van der Waals surface area (Å²) in [6.45, 7) is 3.89. The Bertz CT molecular complexity index is 788. The Kier molecular flexibility index (Phi) is 3.08. The summed E-state index contributed by atoms with van der Waals surface area (Å²) in [5.74, 6) is 3.09. The van der Waals surface area contributed by atoms with Crippen LogP contribution in [-0.2, 0) is 0 Å². The van der Waals surface area contributed by atoms with E-state index in [0.29, 0.717) is 24.8 Å². The molecule has 0 saturated carbocycles. The molecule has 5 nitrogen and oxygen atoms in total. The van der Waals surface area contributed by atoms with Crippen molar-refractivity contribution in [1.82, 2.24) is 9.88 Å². The van der Waals surface area contributed by atoms with Crippen molar-refractivity contribution < 1.29 is 9.47 Å². The summed E-state index contributed by atoms with van der Waals surface area (Å²) in [6, 6.07) is 7.72. The maximum absolute atomic E-state index is 5.64. The van der Waals surface area contributed by atoms with Gasteiger partial charge < -0.3 is 14.4 Å². The molecule has 0 N–H and O–H groups in total. The number of rotatable bonds is 2. The lowest BCUT2D eigenvalue weighted by Gasteiger charge is -2.51. The second-order valence-electron chi connectivity index (χ2n) is 7.54. The number of fused-ring (bicyclic) bond motifs is 3. The van der Waals surface area contributed by atoms with Gasteiger partial charge in [-0.25, -0.2) is 4.98 Å². The van der Waals surface area contributed by atoms with Crippen LogP contribution in [0.4, 0.5) is 5.13 Å². The third-order valence-electron chi connectivity index (χ3n) is 6.48. The van der Waals surface area contributed by atoms with Crippen molar-refractivity contribution in [2.45, 2.75) is 30.8 Å². The minimum Gasteiger partial charge on any atom is -0.454 e. The SMILES string of the molecule is c1csc(N2C[C@H](c3ccc4c(c3)OCO4)[C@H]3[C@@H]2C2CCN3CC2)n1. The molecule has 5 aliphatic heterocycles. The Morgan fingerprint density at radius 2 is 1.96 bits per heavy atom.